The maximum Gasteiger partial charge on any atom is 0.00219 e. The van der Waals surface area contributed by atoms with Gasteiger partial charge in [0.05, 0.1) is 0 Å². The van der Waals surface area contributed by atoms with Gasteiger partial charge in [0.25, 0.3) is 0 Å². The maximum absolute atomic E-state index is 5.71. The van der Waals surface area contributed by atoms with Gasteiger partial charge >= 0.3 is 0 Å². The first kappa shape index (κ1) is 8.75. The molecule has 11 heavy (non-hydrogen) atoms. The van der Waals surface area contributed by atoms with E-state index < -0.39 is 0 Å². The van der Waals surface area contributed by atoms with Crippen molar-refractivity contribution < 1.29 is 0 Å². The summed E-state index contributed by atoms with van der Waals surface area (Å²) in [6.45, 7) is 3.71. The maximum atomic E-state index is 5.71. The first-order chi connectivity index (χ1) is 5.22. The molecule has 0 aromatic heterocycles. The van der Waals surface area contributed by atoms with Crippen molar-refractivity contribution in [2.75, 3.05) is 13.1 Å². The Labute approximate surface area is 68.6 Å². The van der Waals surface area contributed by atoms with E-state index in [2.05, 4.69) is 19.1 Å². The highest BCUT2D eigenvalue weighted by atomic mass is 14.6. The average molecular weight is 154 g/mol. The van der Waals surface area contributed by atoms with Crippen LogP contribution in [0.1, 0.15) is 19.8 Å². The molecule has 1 aliphatic rings. The van der Waals surface area contributed by atoms with Crippen LogP contribution in [0, 0.1) is 11.3 Å². The fraction of sp³-hybridized carbons (Fsp3) is 0.778. The highest BCUT2D eigenvalue weighted by Crippen LogP contribution is 2.36. The molecule has 0 heterocycles. The van der Waals surface area contributed by atoms with Crippen LogP contribution < -0.4 is 11.5 Å². The van der Waals surface area contributed by atoms with Gasteiger partial charge in [0.2, 0.25) is 0 Å². The van der Waals surface area contributed by atoms with Crippen LogP contribution in [-0.2, 0) is 0 Å². The fourth-order valence-electron chi connectivity index (χ4n) is 1.87. The molecule has 0 amide bonds. The molecule has 2 heteroatoms. The van der Waals surface area contributed by atoms with Gasteiger partial charge in [-0.05, 0) is 25.3 Å². The summed E-state index contributed by atoms with van der Waals surface area (Å²) >= 11 is 0. The molecule has 0 bridgehead atoms. The van der Waals surface area contributed by atoms with E-state index in [0.29, 0.717) is 5.92 Å². The lowest BCUT2D eigenvalue weighted by Crippen LogP contribution is -2.29. The summed E-state index contributed by atoms with van der Waals surface area (Å²) in [6.07, 6.45) is 6.72. The molecular formula is C9H18N2. The van der Waals surface area contributed by atoms with Crippen molar-refractivity contribution in [3.8, 4) is 0 Å². The minimum absolute atomic E-state index is 0.230. The van der Waals surface area contributed by atoms with Gasteiger partial charge in [0.15, 0.2) is 0 Å². The van der Waals surface area contributed by atoms with E-state index in [-0.39, 0.29) is 5.41 Å². The summed E-state index contributed by atoms with van der Waals surface area (Å²) in [5.74, 6) is 0.685. The highest BCUT2D eigenvalue weighted by Gasteiger charge is 2.30. The van der Waals surface area contributed by atoms with E-state index in [1.54, 1.807) is 0 Å². The molecule has 1 aliphatic carbocycles. The van der Waals surface area contributed by atoms with E-state index in [9.17, 15) is 0 Å². The minimum Gasteiger partial charge on any atom is -0.330 e. The molecule has 2 nitrogen and oxygen atoms in total. The monoisotopic (exact) mass is 154 g/mol. The second-order valence-corrected chi connectivity index (χ2v) is 3.65. The zero-order chi connectivity index (χ0) is 8.32. The number of allylic oxidation sites excluding steroid dienone is 1. The van der Waals surface area contributed by atoms with Gasteiger partial charge in [-0.25, -0.2) is 0 Å². The standard InChI is InChI=1S/C9H18N2/c1-8-2-3-9(6-8,7-11)4-5-10/h2-3,8H,4-7,10-11H2,1H3. The largest absolute Gasteiger partial charge is 0.330 e. The van der Waals surface area contributed by atoms with Crippen molar-refractivity contribution >= 4 is 0 Å². The molecule has 2 atom stereocenters. The molecule has 0 saturated carbocycles. The zero-order valence-electron chi connectivity index (χ0n) is 7.22. The molecule has 0 fully saturated rings. The Kier molecular flexibility index (Phi) is 2.68. The van der Waals surface area contributed by atoms with E-state index in [1.807, 2.05) is 0 Å². The summed E-state index contributed by atoms with van der Waals surface area (Å²) in [5.41, 5.74) is 11.5. The normalized spacial score (nSPS) is 36.5. The van der Waals surface area contributed by atoms with Crippen LogP contribution in [0.4, 0.5) is 0 Å². The summed E-state index contributed by atoms with van der Waals surface area (Å²) in [7, 11) is 0. The lowest BCUT2D eigenvalue weighted by atomic mass is 9.82. The first-order valence-electron chi connectivity index (χ1n) is 4.32. The Morgan fingerprint density at radius 3 is 2.64 bits per heavy atom. The molecule has 4 N–H and O–H groups in total. The van der Waals surface area contributed by atoms with Crippen molar-refractivity contribution in [2.24, 2.45) is 22.8 Å². The zero-order valence-corrected chi connectivity index (χ0v) is 7.22. The molecular weight excluding hydrogens is 136 g/mol. The van der Waals surface area contributed by atoms with Crippen molar-refractivity contribution in [3.05, 3.63) is 12.2 Å². The Balaban J connectivity index is 2.56. The van der Waals surface area contributed by atoms with E-state index in [0.717, 1.165) is 19.5 Å². The molecule has 1 rings (SSSR count). The van der Waals surface area contributed by atoms with E-state index in [1.165, 1.54) is 6.42 Å². The van der Waals surface area contributed by atoms with Crippen LogP contribution in [0.2, 0.25) is 0 Å². The van der Waals surface area contributed by atoms with Crippen molar-refractivity contribution in [2.45, 2.75) is 19.8 Å². The Morgan fingerprint density at radius 1 is 1.55 bits per heavy atom. The number of hydrogen-bond acceptors (Lipinski definition) is 2. The molecule has 64 valence electrons. The number of nitrogens with two attached hydrogens (primary N) is 2. The average Bonchev–Trinajstić information content (AvgIpc) is 2.34. The molecule has 0 radical (unpaired) electrons. The van der Waals surface area contributed by atoms with Crippen LogP contribution >= 0.6 is 0 Å². The Hall–Kier alpha value is -0.340. The second kappa shape index (κ2) is 3.37. The topological polar surface area (TPSA) is 52.0 Å². The predicted octanol–water partition coefficient (Wildman–Crippen LogP) is 0.876. The fourth-order valence-corrected chi connectivity index (χ4v) is 1.87. The summed E-state index contributed by atoms with van der Waals surface area (Å²) in [5, 5.41) is 0. The van der Waals surface area contributed by atoms with Gasteiger partial charge in [-0.3, -0.25) is 0 Å². The van der Waals surface area contributed by atoms with Crippen LogP contribution in [0.15, 0.2) is 12.2 Å². The lowest BCUT2D eigenvalue weighted by Gasteiger charge is -2.25. The van der Waals surface area contributed by atoms with Gasteiger partial charge in [-0.15, -0.1) is 0 Å². The van der Waals surface area contributed by atoms with Crippen LogP contribution in [0.25, 0.3) is 0 Å². The van der Waals surface area contributed by atoms with Gasteiger partial charge in [0, 0.05) is 12.0 Å². The van der Waals surface area contributed by atoms with Crippen molar-refractivity contribution in [1.82, 2.24) is 0 Å². The quantitative estimate of drug-likeness (QED) is 0.593. The third-order valence-electron chi connectivity index (χ3n) is 2.56. The SMILES string of the molecule is CC1C=CC(CN)(CCN)C1. The predicted molar refractivity (Wildman–Crippen MR) is 48.1 cm³/mol. The lowest BCUT2D eigenvalue weighted by molar-refractivity contribution is 0.333. The smallest absolute Gasteiger partial charge is 0.00219 e. The summed E-state index contributed by atoms with van der Waals surface area (Å²) in [4.78, 5) is 0. The van der Waals surface area contributed by atoms with Gasteiger partial charge in [0.1, 0.15) is 0 Å². The third-order valence-corrected chi connectivity index (χ3v) is 2.56. The molecule has 0 saturated heterocycles. The van der Waals surface area contributed by atoms with Crippen LogP contribution in [0.3, 0.4) is 0 Å². The molecule has 2 unspecified atom stereocenters. The molecule has 0 spiro atoms. The molecule has 0 aromatic rings. The van der Waals surface area contributed by atoms with Crippen molar-refractivity contribution in [3.63, 3.8) is 0 Å². The number of hydrogen-bond donors (Lipinski definition) is 2. The number of rotatable bonds is 3. The summed E-state index contributed by atoms with van der Waals surface area (Å²) in [6, 6.07) is 0. The van der Waals surface area contributed by atoms with Gasteiger partial charge in [-0.2, -0.15) is 0 Å². The van der Waals surface area contributed by atoms with Gasteiger partial charge < -0.3 is 11.5 Å². The first-order valence-corrected chi connectivity index (χ1v) is 4.32. The third kappa shape index (κ3) is 1.82. The second-order valence-electron chi connectivity index (χ2n) is 3.65. The Bertz CT molecular complexity index is 154. The molecule has 0 aromatic carbocycles. The summed E-state index contributed by atoms with van der Waals surface area (Å²) < 4.78 is 0. The molecule has 0 aliphatic heterocycles. The van der Waals surface area contributed by atoms with Crippen molar-refractivity contribution in [1.29, 1.82) is 0 Å². The van der Waals surface area contributed by atoms with Crippen LogP contribution in [-0.4, -0.2) is 13.1 Å². The highest BCUT2D eigenvalue weighted by molar-refractivity contribution is 5.10. The van der Waals surface area contributed by atoms with Gasteiger partial charge in [-0.1, -0.05) is 19.1 Å². The van der Waals surface area contributed by atoms with Crippen LogP contribution in [0.5, 0.6) is 0 Å². The Morgan fingerprint density at radius 2 is 2.27 bits per heavy atom. The van der Waals surface area contributed by atoms with E-state index >= 15 is 0 Å². The minimum atomic E-state index is 0.230. The van der Waals surface area contributed by atoms with E-state index in [4.69, 9.17) is 11.5 Å².